The Morgan fingerprint density at radius 2 is 0.875 bits per heavy atom. The number of nitrogens with zero attached hydrogens (tertiary/aromatic N) is 3. The summed E-state index contributed by atoms with van der Waals surface area (Å²) in [5.41, 5.74) is 9.19. The van der Waals surface area contributed by atoms with Gasteiger partial charge >= 0.3 is 0 Å². The molecule has 0 unspecified atom stereocenters. The Balaban J connectivity index is 1.37. The number of para-hydroxylation sites is 5. The highest BCUT2D eigenvalue weighted by atomic mass is 15.0. The van der Waals surface area contributed by atoms with Gasteiger partial charge < -0.3 is 9.13 Å². The second kappa shape index (κ2) is 8.73. The van der Waals surface area contributed by atoms with Gasteiger partial charge in [0, 0.05) is 38.4 Å². The topological polar surface area (TPSA) is 33.6 Å². The molecule has 6 aromatic carbocycles. The van der Waals surface area contributed by atoms with Gasteiger partial charge in [-0.3, -0.25) is 0 Å². The smallest absolute Gasteiger partial charge is 0.0998 e. The fourth-order valence-electron chi connectivity index (χ4n) is 6.28. The summed E-state index contributed by atoms with van der Waals surface area (Å²) in [5, 5.41) is 15.3. The molecule has 40 heavy (non-hydrogen) atoms. The zero-order chi connectivity index (χ0) is 26.6. The Hall–Kier alpha value is -5.59. The molecule has 0 saturated carbocycles. The van der Waals surface area contributed by atoms with Crippen LogP contribution in [-0.2, 0) is 0 Å². The molecule has 0 saturated heterocycles. The summed E-state index contributed by atoms with van der Waals surface area (Å²) >= 11 is 0. The maximum Gasteiger partial charge on any atom is 0.0998 e. The van der Waals surface area contributed by atoms with Crippen molar-refractivity contribution in [1.82, 2.24) is 9.13 Å². The minimum Gasteiger partial charge on any atom is -0.309 e. The van der Waals surface area contributed by atoms with Crippen LogP contribution in [-0.4, -0.2) is 9.13 Å². The average Bonchev–Trinajstić information content (AvgIpc) is 3.54. The Labute approximate surface area is 231 Å². The third kappa shape index (κ3) is 3.17. The predicted molar refractivity (Wildman–Crippen MR) is 165 cm³/mol. The highest BCUT2D eigenvalue weighted by Gasteiger charge is 2.18. The van der Waals surface area contributed by atoms with E-state index in [4.69, 9.17) is 0 Å². The van der Waals surface area contributed by atoms with Gasteiger partial charge in [0.25, 0.3) is 0 Å². The lowest BCUT2D eigenvalue weighted by Crippen LogP contribution is -1.99. The third-order valence-corrected chi connectivity index (χ3v) is 7.98. The van der Waals surface area contributed by atoms with E-state index >= 15 is 0 Å². The molecule has 8 rings (SSSR count). The number of benzene rings is 6. The SMILES string of the molecule is N#Cc1cc(-n2c3ccccc3c3ccccc32)ccc1-c1ccccc1-n1c2ccccc2c2ccccc21. The van der Waals surface area contributed by atoms with Crippen LogP contribution in [0.25, 0.3) is 66.1 Å². The van der Waals surface area contributed by atoms with E-state index in [0.717, 1.165) is 44.6 Å². The van der Waals surface area contributed by atoms with Crippen LogP contribution < -0.4 is 0 Å². The molecule has 0 amide bonds. The first-order valence-electron chi connectivity index (χ1n) is 13.4. The largest absolute Gasteiger partial charge is 0.309 e. The number of fused-ring (bicyclic) bond motifs is 6. The first-order chi connectivity index (χ1) is 19.8. The molecular weight excluding hydrogens is 486 g/mol. The molecule has 0 fully saturated rings. The second-order valence-electron chi connectivity index (χ2n) is 10.1. The molecule has 0 aliphatic carbocycles. The van der Waals surface area contributed by atoms with E-state index in [9.17, 15) is 5.26 Å². The van der Waals surface area contributed by atoms with E-state index in [1.165, 1.54) is 21.5 Å². The fraction of sp³-hybridized carbons (Fsp3) is 0. The molecule has 0 aliphatic rings. The standard InChI is InChI=1S/C37H23N3/c38-24-25-23-26(39-33-16-6-2-12-29(33)30-13-3-7-17-34(30)39)21-22-27(25)28-11-1-8-18-35(28)40-36-19-9-4-14-31(36)32-15-5-10-20-37(32)40/h1-23H. The summed E-state index contributed by atoms with van der Waals surface area (Å²) in [6, 6.07) is 51.1. The van der Waals surface area contributed by atoms with Crippen molar-refractivity contribution in [2.45, 2.75) is 0 Å². The predicted octanol–water partition coefficient (Wildman–Crippen LogP) is 9.42. The van der Waals surface area contributed by atoms with Crippen LogP contribution in [0.5, 0.6) is 0 Å². The van der Waals surface area contributed by atoms with E-state index < -0.39 is 0 Å². The summed E-state index contributed by atoms with van der Waals surface area (Å²) in [6.07, 6.45) is 0. The third-order valence-electron chi connectivity index (χ3n) is 7.98. The van der Waals surface area contributed by atoms with Crippen molar-refractivity contribution in [3.05, 3.63) is 145 Å². The zero-order valence-corrected chi connectivity index (χ0v) is 21.6. The normalized spacial score (nSPS) is 11.5. The van der Waals surface area contributed by atoms with Gasteiger partial charge in [0.2, 0.25) is 0 Å². The molecule has 2 heterocycles. The molecule has 0 N–H and O–H groups in total. The van der Waals surface area contributed by atoms with Crippen molar-refractivity contribution in [3.8, 4) is 28.6 Å². The molecule has 2 aromatic heterocycles. The van der Waals surface area contributed by atoms with E-state index in [0.29, 0.717) is 5.56 Å². The number of nitriles is 1. The van der Waals surface area contributed by atoms with Crippen LogP contribution in [0.1, 0.15) is 5.56 Å². The minimum atomic E-state index is 0.646. The van der Waals surface area contributed by atoms with Crippen LogP contribution >= 0.6 is 0 Å². The maximum atomic E-state index is 10.4. The van der Waals surface area contributed by atoms with Gasteiger partial charge in [-0.15, -0.1) is 0 Å². The van der Waals surface area contributed by atoms with Gasteiger partial charge in [0.05, 0.1) is 39.4 Å². The minimum absolute atomic E-state index is 0.646. The van der Waals surface area contributed by atoms with Crippen molar-refractivity contribution in [1.29, 1.82) is 5.26 Å². The van der Waals surface area contributed by atoms with Gasteiger partial charge in [-0.25, -0.2) is 0 Å². The average molecular weight is 510 g/mol. The van der Waals surface area contributed by atoms with Gasteiger partial charge in [-0.1, -0.05) is 97.1 Å². The molecule has 3 nitrogen and oxygen atoms in total. The van der Waals surface area contributed by atoms with Crippen molar-refractivity contribution in [2.75, 3.05) is 0 Å². The highest BCUT2D eigenvalue weighted by Crippen LogP contribution is 2.38. The molecule has 0 aliphatic heterocycles. The maximum absolute atomic E-state index is 10.4. The summed E-state index contributed by atoms with van der Waals surface area (Å²) in [4.78, 5) is 0. The van der Waals surface area contributed by atoms with Gasteiger partial charge in [-0.2, -0.15) is 5.26 Å². The number of rotatable bonds is 3. The van der Waals surface area contributed by atoms with Crippen LogP contribution in [0.15, 0.2) is 140 Å². The van der Waals surface area contributed by atoms with Gasteiger partial charge in [0.1, 0.15) is 0 Å². The zero-order valence-electron chi connectivity index (χ0n) is 21.6. The van der Waals surface area contributed by atoms with Crippen molar-refractivity contribution < 1.29 is 0 Å². The molecule has 0 bridgehead atoms. The Bertz CT molecular complexity index is 2180. The first kappa shape index (κ1) is 22.4. The molecule has 186 valence electrons. The van der Waals surface area contributed by atoms with Gasteiger partial charge in [0.15, 0.2) is 0 Å². The molecular formula is C37H23N3. The Kier molecular flexibility index (Phi) is 4.89. The quantitative estimate of drug-likeness (QED) is 0.233. The van der Waals surface area contributed by atoms with Gasteiger partial charge in [-0.05, 0) is 42.5 Å². The molecule has 0 spiro atoms. The summed E-state index contributed by atoms with van der Waals surface area (Å²) in [6.45, 7) is 0. The first-order valence-corrected chi connectivity index (χ1v) is 13.4. The van der Waals surface area contributed by atoms with E-state index in [1.54, 1.807) is 0 Å². The van der Waals surface area contributed by atoms with Crippen LogP contribution in [0.2, 0.25) is 0 Å². The van der Waals surface area contributed by atoms with Crippen molar-refractivity contribution >= 4 is 43.6 Å². The van der Waals surface area contributed by atoms with E-state index in [1.807, 2.05) is 6.07 Å². The van der Waals surface area contributed by atoms with Crippen LogP contribution in [0.4, 0.5) is 0 Å². The number of hydrogen-bond donors (Lipinski definition) is 0. The fourth-order valence-corrected chi connectivity index (χ4v) is 6.28. The second-order valence-corrected chi connectivity index (χ2v) is 10.1. The van der Waals surface area contributed by atoms with E-state index in [2.05, 4.69) is 149 Å². The molecule has 3 heteroatoms. The summed E-state index contributed by atoms with van der Waals surface area (Å²) in [7, 11) is 0. The molecule has 8 aromatic rings. The molecule has 0 atom stereocenters. The highest BCUT2D eigenvalue weighted by molar-refractivity contribution is 6.10. The lowest BCUT2D eigenvalue weighted by atomic mass is 9.97. The van der Waals surface area contributed by atoms with Crippen molar-refractivity contribution in [3.63, 3.8) is 0 Å². The lowest BCUT2D eigenvalue weighted by molar-refractivity contribution is 1.17. The number of hydrogen-bond acceptors (Lipinski definition) is 1. The summed E-state index contributed by atoms with van der Waals surface area (Å²) in [5.74, 6) is 0. The van der Waals surface area contributed by atoms with Crippen LogP contribution in [0.3, 0.4) is 0 Å². The lowest BCUT2D eigenvalue weighted by Gasteiger charge is -2.16. The Morgan fingerprint density at radius 1 is 0.425 bits per heavy atom. The van der Waals surface area contributed by atoms with Crippen LogP contribution in [0, 0.1) is 11.3 Å². The summed E-state index contributed by atoms with van der Waals surface area (Å²) < 4.78 is 4.58. The van der Waals surface area contributed by atoms with Crippen molar-refractivity contribution in [2.24, 2.45) is 0 Å². The Morgan fingerprint density at radius 3 is 1.40 bits per heavy atom. The van der Waals surface area contributed by atoms with E-state index in [-0.39, 0.29) is 0 Å². The number of aromatic nitrogens is 2. The monoisotopic (exact) mass is 509 g/mol. The molecule has 0 radical (unpaired) electrons.